The van der Waals surface area contributed by atoms with Crippen molar-refractivity contribution in [1.82, 2.24) is 20.4 Å². The van der Waals surface area contributed by atoms with Crippen LogP contribution in [0.2, 0.25) is 0 Å². The predicted molar refractivity (Wildman–Crippen MR) is 144 cm³/mol. The van der Waals surface area contributed by atoms with Crippen molar-refractivity contribution in [2.75, 3.05) is 33.3 Å². The second-order valence-corrected chi connectivity index (χ2v) is 11.1. The number of allylic oxidation sites excluding steroid dienone is 2. The molecule has 202 valence electrons. The molecule has 1 aromatic heterocycles. The first-order valence-corrected chi connectivity index (χ1v) is 14.3. The topological polar surface area (TPSA) is 62.6 Å². The smallest absolute Gasteiger partial charge is 0.272 e. The average molecular weight is 524 g/mol. The van der Waals surface area contributed by atoms with Crippen LogP contribution in [-0.2, 0) is 11.2 Å². The maximum absolute atomic E-state index is 12.3. The van der Waals surface area contributed by atoms with Gasteiger partial charge in [0.05, 0.1) is 0 Å². The molecular weight excluding hydrogens is 480 g/mol. The quantitative estimate of drug-likeness (QED) is 0.427. The van der Waals surface area contributed by atoms with Gasteiger partial charge < -0.3 is 15.0 Å². The Balaban J connectivity index is 0.000000303. The molecule has 9 heteroatoms. The Kier molecular flexibility index (Phi) is 12.4. The molecule has 1 fully saturated rings. The number of aliphatic imine (C=N–C) groups is 1. The first-order valence-electron chi connectivity index (χ1n) is 13.5. The maximum Gasteiger partial charge on any atom is 0.272 e. The fourth-order valence-electron chi connectivity index (χ4n) is 5.09. The first-order chi connectivity index (χ1) is 17.5. The van der Waals surface area contributed by atoms with Gasteiger partial charge >= 0.3 is 0 Å². The molecule has 1 N–H and O–H groups in total. The fourth-order valence-corrected chi connectivity index (χ4v) is 5.77. The molecule has 1 aromatic rings. The van der Waals surface area contributed by atoms with Crippen molar-refractivity contribution in [1.29, 1.82) is 0 Å². The van der Waals surface area contributed by atoms with Gasteiger partial charge in [0.25, 0.3) is 6.43 Å². The number of aryl methyl sites for hydroxylation is 1. The van der Waals surface area contributed by atoms with E-state index in [1.807, 2.05) is 19.9 Å². The summed E-state index contributed by atoms with van der Waals surface area (Å²) in [6.45, 7) is 6.74. The van der Waals surface area contributed by atoms with Gasteiger partial charge in [-0.2, -0.15) is 0 Å². The second kappa shape index (κ2) is 15.5. The van der Waals surface area contributed by atoms with Gasteiger partial charge in [-0.15, -0.1) is 21.5 Å². The van der Waals surface area contributed by atoms with Crippen molar-refractivity contribution in [3.05, 3.63) is 33.4 Å². The zero-order valence-corrected chi connectivity index (χ0v) is 23.0. The van der Waals surface area contributed by atoms with Crippen molar-refractivity contribution in [2.45, 2.75) is 90.5 Å². The van der Waals surface area contributed by atoms with Crippen LogP contribution in [0.4, 0.5) is 8.78 Å². The van der Waals surface area contributed by atoms with Gasteiger partial charge in [0.15, 0.2) is 12.5 Å². The normalized spacial score (nSPS) is 23.2. The number of nitrogens with zero attached hydrogens (tertiary/aromatic N) is 4. The summed E-state index contributed by atoms with van der Waals surface area (Å²) < 4.78 is 29.8. The Bertz CT molecular complexity index is 877. The van der Waals surface area contributed by atoms with Crippen LogP contribution in [0.25, 0.3) is 0 Å². The Hall–Kier alpha value is -1.71. The number of hydrogen-bond acceptors (Lipinski definition) is 7. The number of ether oxygens (including phenoxy) is 1. The highest BCUT2D eigenvalue weighted by Crippen LogP contribution is 2.30. The minimum atomic E-state index is -2.43. The van der Waals surface area contributed by atoms with Crippen molar-refractivity contribution in [3.8, 4) is 0 Å². The maximum atomic E-state index is 12.3. The Morgan fingerprint density at radius 1 is 1.11 bits per heavy atom. The van der Waals surface area contributed by atoms with E-state index in [1.165, 1.54) is 44.2 Å². The van der Waals surface area contributed by atoms with Crippen LogP contribution in [0.1, 0.15) is 74.7 Å². The molecule has 36 heavy (non-hydrogen) atoms. The molecule has 3 heterocycles. The predicted octanol–water partition coefficient (Wildman–Crippen LogP) is 5.94. The van der Waals surface area contributed by atoms with Crippen LogP contribution >= 0.6 is 11.3 Å². The number of alkyl halides is 2. The van der Waals surface area contributed by atoms with Gasteiger partial charge in [-0.05, 0) is 83.9 Å². The molecular formula is C27H43F2N5OS. The zero-order chi connectivity index (χ0) is 25.8. The third kappa shape index (κ3) is 9.98. The second-order valence-electron chi connectivity index (χ2n) is 9.88. The minimum absolute atomic E-state index is 0.499. The minimum Gasteiger partial charge on any atom is -0.475 e. The highest BCUT2D eigenvalue weighted by Gasteiger charge is 2.24. The van der Waals surface area contributed by atoms with Crippen molar-refractivity contribution >= 4 is 17.2 Å². The molecule has 3 aliphatic rings. The van der Waals surface area contributed by atoms with Crippen LogP contribution in [0.5, 0.6) is 0 Å². The largest absolute Gasteiger partial charge is 0.475 e. The molecule has 0 unspecified atom stereocenters. The Morgan fingerprint density at radius 2 is 1.89 bits per heavy atom. The number of rotatable bonds is 8. The third-order valence-corrected chi connectivity index (χ3v) is 8.14. The van der Waals surface area contributed by atoms with Crippen LogP contribution in [0, 0.1) is 12.8 Å². The van der Waals surface area contributed by atoms with Gasteiger partial charge in [0.2, 0.25) is 0 Å². The van der Waals surface area contributed by atoms with E-state index in [9.17, 15) is 8.78 Å². The van der Waals surface area contributed by atoms with Crippen molar-refractivity contribution < 1.29 is 13.5 Å². The zero-order valence-electron chi connectivity index (χ0n) is 22.1. The molecule has 0 spiro atoms. The summed E-state index contributed by atoms with van der Waals surface area (Å²) in [7, 11) is 2.07. The molecule has 0 bridgehead atoms. The van der Waals surface area contributed by atoms with E-state index in [4.69, 9.17) is 4.74 Å². The van der Waals surface area contributed by atoms with E-state index in [2.05, 4.69) is 38.5 Å². The number of aromatic nitrogens is 2. The molecule has 4 rings (SSSR count). The molecule has 1 aliphatic carbocycles. The van der Waals surface area contributed by atoms with Gasteiger partial charge in [0.1, 0.15) is 10.0 Å². The lowest BCUT2D eigenvalue weighted by Gasteiger charge is -2.30. The molecule has 0 aromatic carbocycles. The molecule has 1 saturated carbocycles. The van der Waals surface area contributed by atoms with Crippen LogP contribution in [0.15, 0.2) is 28.4 Å². The summed E-state index contributed by atoms with van der Waals surface area (Å²) in [5.41, 5.74) is 2.50. The summed E-state index contributed by atoms with van der Waals surface area (Å²) in [6.07, 6.45) is 12.8. The molecule has 2 aliphatic heterocycles. The van der Waals surface area contributed by atoms with E-state index in [0.717, 1.165) is 66.4 Å². The molecule has 0 atom stereocenters. The molecule has 0 radical (unpaired) electrons. The SMILES string of the molecule is C/C=C\Cc1nnc(C)s1.CNC1CCC(CCN2CCC3=C(CC2)N=C(OCC(F)F)CC3)CC1. The summed E-state index contributed by atoms with van der Waals surface area (Å²) in [4.78, 5) is 7.11. The summed E-state index contributed by atoms with van der Waals surface area (Å²) in [5.74, 6) is 1.37. The number of hydrogen-bond donors (Lipinski definition) is 1. The van der Waals surface area contributed by atoms with E-state index in [1.54, 1.807) is 11.3 Å². The van der Waals surface area contributed by atoms with Gasteiger partial charge in [-0.1, -0.05) is 12.2 Å². The van der Waals surface area contributed by atoms with E-state index in [0.29, 0.717) is 12.3 Å². The monoisotopic (exact) mass is 523 g/mol. The van der Waals surface area contributed by atoms with Crippen LogP contribution in [0.3, 0.4) is 0 Å². The van der Waals surface area contributed by atoms with E-state index in [-0.39, 0.29) is 0 Å². The summed E-state index contributed by atoms with van der Waals surface area (Å²) in [6, 6.07) is 0.722. The third-order valence-electron chi connectivity index (χ3n) is 7.28. The van der Waals surface area contributed by atoms with Gasteiger partial charge in [-0.25, -0.2) is 13.8 Å². The van der Waals surface area contributed by atoms with Gasteiger partial charge in [0, 0.05) is 44.1 Å². The standard InChI is InChI=1S/C20H33F2N3O.C7H10N2S/c1-23-17-5-2-15(3-6-17)8-11-25-12-9-16-4-7-20(26-14-19(21)22)24-18(16)10-13-25;1-3-4-5-7-9-8-6(2)10-7/h15,17,19,23H,2-14H2,1H3;3-4H,5H2,1-2H3/b;4-3-. The molecule has 0 amide bonds. The summed E-state index contributed by atoms with van der Waals surface area (Å²) in [5, 5.41) is 13.4. The van der Waals surface area contributed by atoms with Gasteiger partial charge in [-0.3, -0.25) is 0 Å². The lowest BCUT2D eigenvalue weighted by Crippen LogP contribution is -2.32. The number of halogens is 2. The molecule has 0 saturated heterocycles. The fraction of sp³-hybridized carbons (Fsp3) is 0.741. The van der Waals surface area contributed by atoms with Crippen molar-refractivity contribution in [2.24, 2.45) is 10.9 Å². The highest BCUT2D eigenvalue weighted by molar-refractivity contribution is 7.11. The average Bonchev–Trinajstić information content (AvgIpc) is 3.20. The van der Waals surface area contributed by atoms with Crippen molar-refractivity contribution in [3.63, 3.8) is 0 Å². The van der Waals surface area contributed by atoms with Crippen LogP contribution < -0.4 is 5.32 Å². The van der Waals surface area contributed by atoms with Crippen LogP contribution in [-0.4, -0.2) is 66.8 Å². The Morgan fingerprint density at radius 3 is 2.56 bits per heavy atom. The first kappa shape index (κ1) is 28.9. The van der Waals surface area contributed by atoms with E-state index >= 15 is 0 Å². The highest BCUT2D eigenvalue weighted by atomic mass is 32.1. The lowest BCUT2D eigenvalue weighted by molar-refractivity contribution is 0.0744. The number of nitrogens with one attached hydrogen (secondary N) is 1. The summed E-state index contributed by atoms with van der Waals surface area (Å²) >= 11 is 1.65. The Labute approximate surface area is 219 Å². The lowest BCUT2D eigenvalue weighted by atomic mass is 9.84. The molecule has 6 nitrogen and oxygen atoms in total. The van der Waals surface area contributed by atoms with E-state index < -0.39 is 13.0 Å².